The maximum atomic E-state index is 12.9. The third kappa shape index (κ3) is 4.07. The van der Waals surface area contributed by atoms with Gasteiger partial charge in [0.15, 0.2) is 0 Å². The lowest BCUT2D eigenvalue weighted by atomic mass is 9.86. The highest BCUT2D eigenvalue weighted by Gasteiger charge is 2.38. The van der Waals surface area contributed by atoms with Crippen molar-refractivity contribution >= 4 is 5.91 Å². The first kappa shape index (κ1) is 16.0. The van der Waals surface area contributed by atoms with Crippen LogP contribution in [0.3, 0.4) is 0 Å². The molecule has 1 amide bonds. The minimum atomic E-state index is -0.456. The van der Waals surface area contributed by atoms with E-state index in [0.29, 0.717) is 12.5 Å². The first-order valence-corrected chi connectivity index (χ1v) is 7.90. The van der Waals surface area contributed by atoms with Crippen LogP contribution >= 0.6 is 0 Å². The first-order chi connectivity index (χ1) is 9.80. The van der Waals surface area contributed by atoms with Gasteiger partial charge in [0.1, 0.15) is 0 Å². The monoisotopic (exact) mass is 288 g/mol. The Kier molecular flexibility index (Phi) is 4.72. The van der Waals surface area contributed by atoms with E-state index in [1.165, 1.54) is 18.4 Å². The number of benzene rings is 1. The Morgan fingerprint density at radius 3 is 2.33 bits per heavy atom. The van der Waals surface area contributed by atoms with E-state index in [-0.39, 0.29) is 17.4 Å². The number of nitrogens with zero attached hydrogens (tertiary/aromatic N) is 1. The highest BCUT2D eigenvalue weighted by molar-refractivity contribution is 5.82. The van der Waals surface area contributed by atoms with E-state index in [1.807, 2.05) is 43.9 Å². The van der Waals surface area contributed by atoms with Gasteiger partial charge in [0, 0.05) is 12.6 Å². The van der Waals surface area contributed by atoms with E-state index in [4.69, 9.17) is 5.73 Å². The minimum Gasteiger partial charge on any atom is -0.334 e. The third-order valence-corrected chi connectivity index (χ3v) is 4.47. The summed E-state index contributed by atoms with van der Waals surface area (Å²) in [6, 6.07) is 9.99. The minimum absolute atomic E-state index is 0.0748. The molecule has 0 heterocycles. The molecule has 0 aliphatic heterocycles. The molecule has 2 atom stereocenters. The smallest absolute Gasteiger partial charge is 0.240 e. The molecule has 21 heavy (non-hydrogen) atoms. The molecule has 3 heteroatoms. The third-order valence-electron chi connectivity index (χ3n) is 4.47. The van der Waals surface area contributed by atoms with Crippen LogP contribution in [0.4, 0.5) is 0 Å². The van der Waals surface area contributed by atoms with E-state index in [2.05, 4.69) is 19.1 Å². The van der Waals surface area contributed by atoms with Crippen molar-refractivity contribution in [3.8, 4) is 0 Å². The van der Waals surface area contributed by atoms with Gasteiger partial charge in [-0.05, 0) is 36.7 Å². The molecule has 1 aliphatic rings. The molecule has 0 radical (unpaired) electrons. The molecule has 2 N–H and O–H groups in total. The van der Waals surface area contributed by atoms with Gasteiger partial charge in [0.25, 0.3) is 0 Å². The van der Waals surface area contributed by atoms with Crippen molar-refractivity contribution < 1.29 is 4.79 Å². The lowest BCUT2D eigenvalue weighted by molar-refractivity contribution is -0.138. The average Bonchev–Trinajstić information content (AvgIpc) is 3.27. The van der Waals surface area contributed by atoms with Gasteiger partial charge in [-0.25, -0.2) is 0 Å². The van der Waals surface area contributed by atoms with Crippen LogP contribution in [0.25, 0.3) is 0 Å². The maximum Gasteiger partial charge on any atom is 0.240 e. The fraction of sp³-hybridized carbons (Fsp3) is 0.611. The molecule has 1 aromatic rings. The number of amides is 1. The molecular weight excluding hydrogens is 260 g/mol. The SMILES string of the molecule is CC(C1CC1)N(Cc1ccccc1)C(=O)[C@@H](N)C(C)(C)C. The van der Waals surface area contributed by atoms with Crippen molar-refractivity contribution in [2.75, 3.05) is 0 Å². The second-order valence-corrected chi connectivity index (χ2v) is 7.37. The van der Waals surface area contributed by atoms with Crippen LogP contribution < -0.4 is 5.73 Å². The zero-order valence-electron chi connectivity index (χ0n) is 13.7. The largest absolute Gasteiger partial charge is 0.334 e. The number of hydrogen-bond acceptors (Lipinski definition) is 2. The first-order valence-electron chi connectivity index (χ1n) is 7.90. The quantitative estimate of drug-likeness (QED) is 0.904. The van der Waals surface area contributed by atoms with Gasteiger partial charge in [-0.15, -0.1) is 0 Å². The molecule has 0 spiro atoms. The number of hydrogen-bond donors (Lipinski definition) is 1. The summed E-state index contributed by atoms with van der Waals surface area (Å²) in [7, 11) is 0. The second kappa shape index (κ2) is 6.18. The van der Waals surface area contributed by atoms with Crippen LogP contribution in [0.15, 0.2) is 30.3 Å². The van der Waals surface area contributed by atoms with Gasteiger partial charge in [-0.1, -0.05) is 51.1 Å². The van der Waals surface area contributed by atoms with Crippen LogP contribution in [0.5, 0.6) is 0 Å². The summed E-state index contributed by atoms with van der Waals surface area (Å²) in [6.45, 7) is 8.89. The van der Waals surface area contributed by atoms with Crippen molar-refractivity contribution in [2.45, 2.75) is 59.2 Å². The van der Waals surface area contributed by atoms with Crippen molar-refractivity contribution in [2.24, 2.45) is 17.1 Å². The number of carbonyl (C=O) groups excluding carboxylic acids is 1. The molecule has 1 saturated carbocycles. The Morgan fingerprint density at radius 1 is 1.29 bits per heavy atom. The van der Waals surface area contributed by atoms with Crippen molar-refractivity contribution in [1.82, 2.24) is 4.90 Å². The second-order valence-electron chi connectivity index (χ2n) is 7.37. The van der Waals surface area contributed by atoms with Crippen molar-refractivity contribution in [3.63, 3.8) is 0 Å². The van der Waals surface area contributed by atoms with Crippen molar-refractivity contribution in [1.29, 1.82) is 0 Å². The van der Waals surface area contributed by atoms with Gasteiger partial charge in [-0.2, -0.15) is 0 Å². The molecule has 1 aromatic carbocycles. The summed E-state index contributed by atoms with van der Waals surface area (Å²) in [5.41, 5.74) is 7.17. The van der Waals surface area contributed by atoms with Crippen LogP contribution in [-0.2, 0) is 11.3 Å². The number of nitrogens with two attached hydrogens (primary N) is 1. The molecule has 116 valence electrons. The highest BCUT2D eigenvalue weighted by Crippen LogP contribution is 2.36. The Hall–Kier alpha value is -1.35. The molecule has 0 bridgehead atoms. The number of carbonyl (C=O) groups is 1. The zero-order valence-corrected chi connectivity index (χ0v) is 13.7. The zero-order chi connectivity index (χ0) is 15.6. The summed E-state index contributed by atoms with van der Waals surface area (Å²) in [5, 5.41) is 0. The predicted octanol–water partition coefficient (Wildman–Crippen LogP) is 3.19. The Bertz CT molecular complexity index is 474. The molecule has 1 fully saturated rings. The Labute approximate surface area is 128 Å². The maximum absolute atomic E-state index is 12.9. The summed E-state index contributed by atoms with van der Waals surface area (Å²) < 4.78 is 0. The standard InChI is InChI=1S/C18H28N2O/c1-13(15-10-11-15)20(12-14-8-6-5-7-9-14)17(21)16(19)18(2,3)4/h5-9,13,15-16H,10-12,19H2,1-4H3/t13?,16-/m1/s1. The molecule has 3 nitrogen and oxygen atoms in total. The number of rotatable bonds is 5. The fourth-order valence-corrected chi connectivity index (χ4v) is 2.58. The molecule has 2 rings (SSSR count). The predicted molar refractivity (Wildman–Crippen MR) is 86.6 cm³/mol. The van der Waals surface area contributed by atoms with E-state index < -0.39 is 6.04 Å². The molecular formula is C18H28N2O. The molecule has 0 aromatic heterocycles. The van der Waals surface area contributed by atoms with Gasteiger partial charge in [0.05, 0.1) is 6.04 Å². The van der Waals surface area contributed by atoms with Crippen molar-refractivity contribution in [3.05, 3.63) is 35.9 Å². The van der Waals surface area contributed by atoms with Gasteiger partial charge in [0.2, 0.25) is 5.91 Å². The summed E-state index contributed by atoms with van der Waals surface area (Å²) in [4.78, 5) is 14.9. The van der Waals surface area contributed by atoms with Crippen LogP contribution in [0.1, 0.15) is 46.1 Å². The fourth-order valence-electron chi connectivity index (χ4n) is 2.58. The van der Waals surface area contributed by atoms with Crippen LogP contribution in [-0.4, -0.2) is 22.9 Å². The molecule has 0 saturated heterocycles. The van der Waals surface area contributed by atoms with Crippen LogP contribution in [0.2, 0.25) is 0 Å². The summed E-state index contributed by atoms with van der Waals surface area (Å²) >= 11 is 0. The lowest BCUT2D eigenvalue weighted by Crippen LogP contribution is -2.53. The van der Waals surface area contributed by atoms with Gasteiger partial charge >= 0.3 is 0 Å². The van der Waals surface area contributed by atoms with E-state index in [1.54, 1.807) is 0 Å². The lowest BCUT2D eigenvalue weighted by Gasteiger charge is -2.36. The molecule has 1 aliphatic carbocycles. The van der Waals surface area contributed by atoms with E-state index >= 15 is 0 Å². The van der Waals surface area contributed by atoms with E-state index in [9.17, 15) is 4.79 Å². The Balaban J connectivity index is 2.17. The summed E-state index contributed by atoms with van der Waals surface area (Å²) in [5.74, 6) is 0.718. The van der Waals surface area contributed by atoms with Gasteiger partial charge < -0.3 is 10.6 Å². The molecule has 1 unspecified atom stereocenters. The normalized spacial score (nSPS) is 18.1. The Morgan fingerprint density at radius 2 is 1.86 bits per heavy atom. The summed E-state index contributed by atoms with van der Waals surface area (Å²) in [6.07, 6.45) is 2.45. The van der Waals surface area contributed by atoms with Gasteiger partial charge in [-0.3, -0.25) is 4.79 Å². The highest BCUT2D eigenvalue weighted by atomic mass is 16.2. The van der Waals surface area contributed by atoms with E-state index in [0.717, 1.165) is 0 Å². The topological polar surface area (TPSA) is 46.3 Å². The average molecular weight is 288 g/mol. The van der Waals surface area contributed by atoms with Crippen LogP contribution in [0, 0.1) is 11.3 Å².